The standard InChI is InChI=1S/C17H20N2O2/c1-2-3-6-14-9-11-16(12-10-14)18-13-15-7-4-5-8-17(15)19(20)21/h4-5,7-12,18H,2-3,6,13H2,1H3. The lowest BCUT2D eigenvalue weighted by molar-refractivity contribution is -0.385. The molecule has 0 bridgehead atoms. The van der Waals surface area contributed by atoms with Crippen molar-refractivity contribution in [1.82, 2.24) is 0 Å². The Kier molecular flexibility index (Phi) is 5.32. The Hall–Kier alpha value is -2.36. The van der Waals surface area contributed by atoms with E-state index in [4.69, 9.17) is 0 Å². The number of aryl methyl sites for hydroxylation is 1. The van der Waals surface area contributed by atoms with Crippen LogP contribution in [0.4, 0.5) is 11.4 Å². The van der Waals surface area contributed by atoms with Gasteiger partial charge in [0, 0.05) is 23.9 Å². The molecule has 2 rings (SSSR count). The van der Waals surface area contributed by atoms with Crippen molar-refractivity contribution >= 4 is 11.4 Å². The normalized spacial score (nSPS) is 10.3. The van der Waals surface area contributed by atoms with Gasteiger partial charge in [-0.05, 0) is 30.5 Å². The van der Waals surface area contributed by atoms with Gasteiger partial charge < -0.3 is 5.32 Å². The maximum absolute atomic E-state index is 11.0. The van der Waals surface area contributed by atoms with Gasteiger partial charge in [-0.15, -0.1) is 0 Å². The van der Waals surface area contributed by atoms with Crippen molar-refractivity contribution in [2.45, 2.75) is 32.7 Å². The molecule has 4 nitrogen and oxygen atoms in total. The van der Waals surface area contributed by atoms with Gasteiger partial charge in [0.15, 0.2) is 0 Å². The summed E-state index contributed by atoms with van der Waals surface area (Å²) < 4.78 is 0. The third-order valence-electron chi connectivity index (χ3n) is 3.44. The largest absolute Gasteiger partial charge is 0.381 e. The van der Waals surface area contributed by atoms with Crippen LogP contribution in [-0.4, -0.2) is 4.92 Å². The number of nitrogens with one attached hydrogen (secondary N) is 1. The molecule has 0 radical (unpaired) electrons. The summed E-state index contributed by atoms with van der Waals surface area (Å²) in [4.78, 5) is 10.6. The molecule has 0 fully saturated rings. The molecule has 0 aromatic heterocycles. The molecule has 0 unspecified atom stereocenters. The summed E-state index contributed by atoms with van der Waals surface area (Å²) in [7, 11) is 0. The fourth-order valence-corrected chi connectivity index (χ4v) is 2.21. The van der Waals surface area contributed by atoms with E-state index in [9.17, 15) is 10.1 Å². The molecule has 2 aromatic rings. The summed E-state index contributed by atoms with van der Waals surface area (Å²) in [6.07, 6.45) is 3.49. The Morgan fingerprint density at radius 3 is 2.48 bits per heavy atom. The third-order valence-corrected chi connectivity index (χ3v) is 3.44. The first-order valence-electron chi connectivity index (χ1n) is 7.26. The fourth-order valence-electron chi connectivity index (χ4n) is 2.21. The van der Waals surface area contributed by atoms with Gasteiger partial charge in [-0.1, -0.05) is 43.7 Å². The van der Waals surface area contributed by atoms with Gasteiger partial charge in [0.05, 0.1) is 4.92 Å². The van der Waals surface area contributed by atoms with Crippen LogP contribution < -0.4 is 5.32 Å². The molecule has 0 atom stereocenters. The fraction of sp³-hybridized carbons (Fsp3) is 0.294. The number of rotatable bonds is 7. The van der Waals surface area contributed by atoms with E-state index in [1.54, 1.807) is 12.1 Å². The second-order valence-electron chi connectivity index (χ2n) is 5.04. The molecule has 0 aliphatic heterocycles. The molecule has 110 valence electrons. The van der Waals surface area contributed by atoms with Crippen molar-refractivity contribution in [3.05, 3.63) is 69.8 Å². The number of benzene rings is 2. The van der Waals surface area contributed by atoms with Gasteiger partial charge >= 0.3 is 0 Å². The number of anilines is 1. The van der Waals surface area contributed by atoms with Crippen molar-refractivity contribution in [2.75, 3.05) is 5.32 Å². The minimum atomic E-state index is -0.342. The summed E-state index contributed by atoms with van der Waals surface area (Å²) in [6, 6.07) is 15.1. The van der Waals surface area contributed by atoms with Crippen LogP contribution >= 0.6 is 0 Å². The predicted molar refractivity (Wildman–Crippen MR) is 85.5 cm³/mol. The first-order chi connectivity index (χ1) is 10.2. The Bertz CT molecular complexity index is 594. The Balaban J connectivity index is 1.98. The van der Waals surface area contributed by atoms with Crippen LogP contribution in [0.1, 0.15) is 30.9 Å². The highest BCUT2D eigenvalue weighted by Crippen LogP contribution is 2.19. The molecule has 4 heteroatoms. The number of para-hydroxylation sites is 1. The van der Waals surface area contributed by atoms with Crippen LogP contribution in [0, 0.1) is 10.1 Å². The van der Waals surface area contributed by atoms with Crippen LogP contribution in [0.25, 0.3) is 0 Å². The van der Waals surface area contributed by atoms with Crippen molar-refractivity contribution in [3.8, 4) is 0 Å². The van der Waals surface area contributed by atoms with Gasteiger partial charge in [-0.2, -0.15) is 0 Å². The first kappa shape index (κ1) is 15.0. The lowest BCUT2D eigenvalue weighted by Crippen LogP contribution is -2.03. The molecule has 0 aliphatic rings. The van der Waals surface area contributed by atoms with Crippen LogP contribution in [-0.2, 0) is 13.0 Å². The highest BCUT2D eigenvalue weighted by molar-refractivity contribution is 5.48. The molecule has 0 saturated heterocycles. The highest BCUT2D eigenvalue weighted by atomic mass is 16.6. The lowest BCUT2D eigenvalue weighted by atomic mass is 10.1. The summed E-state index contributed by atoms with van der Waals surface area (Å²) in [6.45, 7) is 2.63. The monoisotopic (exact) mass is 284 g/mol. The van der Waals surface area contributed by atoms with E-state index in [1.165, 1.54) is 24.5 Å². The van der Waals surface area contributed by atoms with E-state index < -0.39 is 0 Å². The highest BCUT2D eigenvalue weighted by Gasteiger charge is 2.11. The first-order valence-corrected chi connectivity index (χ1v) is 7.26. The molecule has 0 heterocycles. The van der Waals surface area contributed by atoms with E-state index in [2.05, 4.69) is 24.4 Å². The number of nitro groups is 1. The maximum Gasteiger partial charge on any atom is 0.274 e. The molecular weight excluding hydrogens is 264 g/mol. The molecule has 2 aromatic carbocycles. The summed E-state index contributed by atoms with van der Waals surface area (Å²) >= 11 is 0. The molecule has 0 saturated carbocycles. The zero-order chi connectivity index (χ0) is 15.1. The van der Waals surface area contributed by atoms with Gasteiger partial charge in [-0.25, -0.2) is 0 Å². The quantitative estimate of drug-likeness (QED) is 0.599. The maximum atomic E-state index is 11.0. The minimum Gasteiger partial charge on any atom is -0.381 e. The van der Waals surface area contributed by atoms with Crippen molar-refractivity contribution in [2.24, 2.45) is 0 Å². The Morgan fingerprint density at radius 1 is 1.10 bits per heavy atom. The second-order valence-corrected chi connectivity index (χ2v) is 5.04. The average molecular weight is 284 g/mol. The van der Waals surface area contributed by atoms with Crippen molar-refractivity contribution in [1.29, 1.82) is 0 Å². The Morgan fingerprint density at radius 2 is 1.81 bits per heavy atom. The topological polar surface area (TPSA) is 55.2 Å². The number of hydrogen-bond acceptors (Lipinski definition) is 3. The van der Waals surface area contributed by atoms with Crippen LogP contribution in [0.15, 0.2) is 48.5 Å². The third kappa shape index (κ3) is 4.31. The van der Waals surface area contributed by atoms with Crippen LogP contribution in [0.2, 0.25) is 0 Å². The van der Waals surface area contributed by atoms with Crippen molar-refractivity contribution in [3.63, 3.8) is 0 Å². The van der Waals surface area contributed by atoms with E-state index in [1.807, 2.05) is 18.2 Å². The predicted octanol–water partition coefficient (Wildman–Crippen LogP) is 4.55. The SMILES string of the molecule is CCCCc1ccc(NCc2ccccc2[N+](=O)[O-])cc1. The number of nitrogens with zero attached hydrogens (tertiary/aromatic N) is 1. The molecule has 0 aliphatic carbocycles. The molecular formula is C17H20N2O2. The molecule has 1 N–H and O–H groups in total. The summed E-state index contributed by atoms with van der Waals surface area (Å²) in [5.41, 5.74) is 3.16. The van der Waals surface area contributed by atoms with Crippen LogP contribution in [0.5, 0.6) is 0 Å². The van der Waals surface area contributed by atoms with Gasteiger partial charge in [0.25, 0.3) is 5.69 Å². The molecule has 21 heavy (non-hydrogen) atoms. The summed E-state index contributed by atoms with van der Waals surface area (Å²) in [5, 5.41) is 14.2. The van der Waals surface area contributed by atoms with E-state index >= 15 is 0 Å². The summed E-state index contributed by atoms with van der Waals surface area (Å²) in [5.74, 6) is 0. The zero-order valence-corrected chi connectivity index (χ0v) is 12.2. The van der Waals surface area contributed by atoms with Gasteiger partial charge in [-0.3, -0.25) is 10.1 Å². The van der Waals surface area contributed by atoms with Crippen LogP contribution in [0.3, 0.4) is 0 Å². The smallest absolute Gasteiger partial charge is 0.274 e. The number of unbranched alkanes of at least 4 members (excludes halogenated alkanes) is 1. The van der Waals surface area contributed by atoms with E-state index in [-0.39, 0.29) is 10.6 Å². The van der Waals surface area contributed by atoms with E-state index in [0.717, 1.165) is 12.1 Å². The molecule has 0 spiro atoms. The van der Waals surface area contributed by atoms with Gasteiger partial charge in [0.1, 0.15) is 0 Å². The number of hydrogen-bond donors (Lipinski definition) is 1. The Labute approximate surface area is 125 Å². The lowest BCUT2D eigenvalue weighted by Gasteiger charge is -2.08. The van der Waals surface area contributed by atoms with E-state index in [0.29, 0.717) is 12.1 Å². The zero-order valence-electron chi connectivity index (χ0n) is 12.2. The average Bonchev–Trinajstić information content (AvgIpc) is 2.52. The number of nitro benzene ring substituents is 1. The minimum absolute atomic E-state index is 0.157. The molecule has 0 amide bonds. The second kappa shape index (κ2) is 7.43. The van der Waals surface area contributed by atoms with Gasteiger partial charge in [0.2, 0.25) is 0 Å². The van der Waals surface area contributed by atoms with Crippen molar-refractivity contribution < 1.29 is 4.92 Å².